The SMILES string of the molecule is CCc1cnc(CCNC(=NC)NCCc2ncc(C)s2)s1. The predicted octanol–water partition coefficient (Wildman–Crippen LogP) is 2.42. The van der Waals surface area contributed by atoms with Crippen molar-refractivity contribution in [2.75, 3.05) is 20.1 Å². The van der Waals surface area contributed by atoms with Crippen molar-refractivity contribution in [3.8, 4) is 0 Å². The molecule has 0 spiro atoms. The number of rotatable bonds is 7. The van der Waals surface area contributed by atoms with Gasteiger partial charge in [0.25, 0.3) is 0 Å². The molecule has 0 aromatic carbocycles. The summed E-state index contributed by atoms with van der Waals surface area (Å²) in [5, 5.41) is 8.98. The van der Waals surface area contributed by atoms with Crippen LogP contribution in [0.15, 0.2) is 17.4 Å². The molecule has 2 heterocycles. The van der Waals surface area contributed by atoms with Gasteiger partial charge < -0.3 is 10.6 Å². The van der Waals surface area contributed by atoms with E-state index in [-0.39, 0.29) is 0 Å². The van der Waals surface area contributed by atoms with Gasteiger partial charge in [0.15, 0.2) is 5.96 Å². The third kappa shape index (κ3) is 5.38. The number of hydrogen-bond acceptors (Lipinski definition) is 5. The van der Waals surface area contributed by atoms with Gasteiger partial charge in [-0.15, -0.1) is 22.7 Å². The van der Waals surface area contributed by atoms with E-state index in [1.54, 1.807) is 29.7 Å². The smallest absolute Gasteiger partial charge is 0.191 e. The Morgan fingerprint density at radius 2 is 1.73 bits per heavy atom. The van der Waals surface area contributed by atoms with Gasteiger partial charge in [-0.05, 0) is 13.3 Å². The van der Waals surface area contributed by atoms with Gasteiger partial charge in [0, 0.05) is 55.1 Å². The summed E-state index contributed by atoms with van der Waals surface area (Å²) in [6.45, 7) is 5.92. The van der Waals surface area contributed by atoms with Crippen LogP contribution in [0.3, 0.4) is 0 Å². The molecule has 2 aromatic heterocycles. The van der Waals surface area contributed by atoms with Gasteiger partial charge in [-0.1, -0.05) is 6.92 Å². The summed E-state index contributed by atoms with van der Waals surface area (Å²) in [5.74, 6) is 0.834. The number of guanidine groups is 1. The maximum atomic E-state index is 4.43. The largest absolute Gasteiger partial charge is 0.356 e. The van der Waals surface area contributed by atoms with E-state index in [1.165, 1.54) is 14.8 Å². The fraction of sp³-hybridized carbons (Fsp3) is 0.533. The first-order chi connectivity index (χ1) is 10.7. The Bertz CT molecular complexity index is 603. The molecule has 0 saturated heterocycles. The van der Waals surface area contributed by atoms with Crippen LogP contribution < -0.4 is 10.6 Å². The predicted molar refractivity (Wildman–Crippen MR) is 95.1 cm³/mol. The van der Waals surface area contributed by atoms with Crippen molar-refractivity contribution in [3.63, 3.8) is 0 Å². The minimum absolute atomic E-state index is 0.834. The lowest BCUT2D eigenvalue weighted by Crippen LogP contribution is -2.39. The lowest BCUT2D eigenvalue weighted by molar-refractivity contribution is 0.780. The molecule has 2 rings (SSSR count). The highest BCUT2D eigenvalue weighted by molar-refractivity contribution is 7.11. The van der Waals surface area contributed by atoms with Crippen LogP contribution in [0.1, 0.15) is 26.7 Å². The Balaban J connectivity index is 1.66. The van der Waals surface area contributed by atoms with E-state index in [0.717, 1.165) is 43.3 Å². The monoisotopic (exact) mass is 337 g/mol. The van der Waals surface area contributed by atoms with Crippen LogP contribution in [-0.4, -0.2) is 36.1 Å². The topological polar surface area (TPSA) is 62.2 Å². The molecule has 120 valence electrons. The molecule has 0 aliphatic rings. The second-order valence-electron chi connectivity index (χ2n) is 4.86. The molecule has 0 bridgehead atoms. The maximum absolute atomic E-state index is 4.43. The van der Waals surface area contributed by atoms with Crippen molar-refractivity contribution in [2.45, 2.75) is 33.1 Å². The first-order valence-electron chi connectivity index (χ1n) is 7.50. The molecule has 2 N–H and O–H groups in total. The van der Waals surface area contributed by atoms with Crippen LogP contribution in [0.4, 0.5) is 0 Å². The van der Waals surface area contributed by atoms with Crippen LogP contribution >= 0.6 is 22.7 Å². The Morgan fingerprint density at radius 3 is 2.23 bits per heavy atom. The van der Waals surface area contributed by atoms with Gasteiger partial charge in [-0.3, -0.25) is 4.99 Å². The van der Waals surface area contributed by atoms with E-state index in [2.05, 4.69) is 39.4 Å². The van der Waals surface area contributed by atoms with Crippen molar-refractivity contribution in [1.82, 2.24) is 20.6 Å². The Labute approximate surface area is 139 Å². The molecule has 5 nitrogen and oxygen atoms in total. The van der Waals surface area contributed by atoms with Crippen molar-refractivity contribution in [2.24, 2.45) is 4.99 Å². The lowest BCUT2D eigenvalue weighted by atomic mass is 10.4. The highest BCUT2D eigenvalue weighted by atomic mass is 32.1. The molecule has 22 heavy (non-hydrogen) atoms. The summed E-state index contributed by atoms with van der Waals surface area (Å²) < 4.78 is 0. The van der Waals surface area contributed by atoms with Crippen LogP contribution in [0.25, 0.3) is 0 Å². The minimum atomic E-state index is 0.834. The van der Waals surface area contributed by atoms with Crippen molar-refractivity contribution in [1.29, 1.82) is 0 Å². The fourth-order valence-corrected chi connectivity index (χ4v) is 3.59. The van der Waals surface area contributed by atoms with Gasteiger partial charge in [0.05, 0.1) is 10.0 Å². The molecular formula is C15H23N5S2. The Morgan fingerprint density at radius 1 is 1.09 bits per heavy atom. The first kappa shape index (κ1) is 16.9. The molecule has 0 unspecified atom stereocenters. The number of thiazole rings is 2. The third-order valence-electron chi connectivity index (χ3n) is 3.11. The van der Waals surface area contributed by atoms with Crippen molar-refractivity contribution in [3.05, 3.63) is 32.2 Å². The summed E-state index contributed by atoms with van der Waals surface area (Å²) in [6, 6.07) is 0. The maximum Gasteiger partial charge on any atom is 0.191 e. The van der Waals surface area contributed by atoms with Crippen molar-refractivity contribution < 1.29 is 0 Å². The van der Waals surface area contributed by atoms with E-state index < -0.39 is 0 Å². The third-order valence-corrected chi connectivity index (χ3v) is 5.28. The zero-order chi connectivity index (χ0) is 15.8. The number of aryl methyl sites for hydroxylation is 2. The summed E-state index contributed by atoms with van der Waals surface area (Å²) >= 11 is 3.54. The zero-order valence-electron chi connectivity index (χ0n) is 13.3. The van der Waals surface area contributed by atoms with Gasteiger partial charge in [0.1, 0.15) is 0 Å². The quantitative estimate of drug-likeness (QED) is 0.602. The Kier molecular flexibility index (Phi) is 6.79. The second kappa shape index (κ2) is 8.85. The normalized spacial score (nSPS) is 11.7. The number of hydrogen-bond donors (Lipinski definition) is 2. The van der Waals surface area contributed by atoms with E-state index in [4.69, 9.17) is 0 Å². The molecule has 0 amide bonds. The summed E-state index contributed by atoms with van der Waals surface area (Å²) in [4.78, 5) is 15.6. The van der Waals surface area contributed by atoms with E-state index in [9.17, 15) is 0 Å². The van der Waals surface area contributed by atoms with Gasteiger partial charge in [-0.25, -0.2) is 9.97 Å². The van der Waals surface area contributed by atoms with Gasteiger partial charge in [0.2, 0.25) is 0 Å². The van der Waals surface area contributed by atoms with Crippen LogP contribution in [-0.2, 0) is 19.3 Å². The minimum Gasteiger partial charge on any atom is -0.356 e. The average molecular weight is 338 g/mol. The average Bonchev–Trinajstić information content (AvgIpc) is 3.14. The molecule has 0 aliphatic heterocycles. The van der Waals surface area contributed by atoms with E-state index in [0.29, 0.717) is 0 Å². The van der Waals surface area contributed by atoms with E-state index in [1.807, 2.05) is 12.4 Å². The first-order valence-corrected chi connectivity index (χ1v) is 9.14. The van der Waals surface area contributed by atoms with Crippen LogP contribution in [0, 0.1) is 6.92 Å². The van der Waals surface area contributed by atoms with Gasteiger partial charge in [-0.2, -0.15) is 0 Å². The number of nitrogens with one attached hydrogen (secondary N) is 2. The Hall–Kier alpha value is -1.47. The highest BCUT2D eigenvalue weighted by Crippen LogP contribution is 2.13. The van der Waals surface area contributed by atoms with Crippen LogP contribution in [0.5, 0.6) is 0 Å². The van der Waals surface area contributed by atoms with E-state index >= 15 is 0 Å². The highest BCUT2D eigenvalue weighted by Gasteiger charge is 2.03. The summed E-state index contributed by atoms with van der Waals surface area (Å²) in [6.07, 6.45) is 6.81. The lowest BCUT2D eigenvalue weighted by Gasteiger charge is -2.10. The molecule has 2 aromatic rings. The fourth-order valence-electron chi connectivity index (χ4n) is 1.94. The van der Waals surface area contributed by atoms with Crippen LogP contribution in [0.2, 0.25) is 0 Å². The standard InChI is InChI=1S/C15H23N5S2/c1-4-12-10-20-14(22-12)6-8-18-15(16-3)17-7-5-13-19-9-11(2)21-13/h9-10H,4-8H2,1-3H3,(H2,16,17,18). The molecule has 0 saturated carbocycles. The number of aliphatic imine (C=N–C) groups is 1. The van der Waals surface area contributed by atoms with Gasteiger partial charge >= 0.3 is 0 Å². The molecule has 0 radical (unpaired) electrons. The molecule has 0 atom stereocenters. The molecule has 7 heteroatoms. The zero-order valence-corrected chi connectivity index (χ0v) is 15.0. The summed E-state index contributed by atoms with van der Waals surface area (Å²) in [5.41, 5.74) is 0. The molecule has 0 aliphatic carbocycles. The number of nitrogens with zero attached hydrogens (tertiary/aromatic N) is 3. The summed E-state index contributed by atoms with van der Waals surface area (Å²) in [7, 11) is 1.79. The second-order valence-corrected chi connectivity index (χ2v) is 7.38. The number of aromatic nitrogens is 2. The van der Waals surface area contributed by atoms with Crippen molar-refractivity contribution >= 4 is 28.6 Å². The molecular weight excluding hydrogens is 314 g/mol. The molecule has 0 fully saturated rings.